The maximum Gasteiger partial charge on any atom is 0.326 e. The summed E-state index contributed by atoms with van der Waals surface area (Å²) in [6, 6.07) is 4.93. The molecule has 0 saturated heterocycles. The van der Waals surface area contributed by atoms with Crippen LogP contribution in [0.25, 0.3) is 0 Å². The number of anilines is 4. The Morgan fingerprint density at radius 1 is 1.08 bits per heavy atom. The SMILES string of the molecule is C1=CC=CNC=C1.Nc1nc2c(c(=O)[nH]1)NC(CNc1ccc(C(=O)NC(CCC(=O)O)C(=O)O)cc1)CN2. The van der Waals surface area contributed by atoms with Crippen LogP contribution in [0.5, 0.6) is 0 Å². The number of hydrogen-bond acceptors (Lipinski definition) is 10. The van der Waals surface area contributed by atoms with Gasteiger partial charge < -0.3 is 42.5 Å². The molecule has 14 heteroatoms. The van der Waals surface area contributed by atoms with Crippen LogP contribution < -0.4 is 37.9 Å². The van der Waals surface area contributed by atoms with E-state index < -0.39 is 23.9 Å². The summed E-state index contributed by atoms with van der Waals surface area (Å²) >= 11 is 0. The van der Waals surface area contributed by atoms with E-state index in [1.807, 2.05) is 36.7 Å². The number of aliphatic carboxylic acids is 2. The minimum atomic E-state index is -1.30. The summed E-state index contributed by atoms with van der Waals surface area (Å²) in [5.41, 5.74) is 6.40. The third-order valence-electron chi connectivity index (χ3n) is 5.47. The lowest BCUT2D eigenvalue weighted by atomic mass is 10.1. The molecule has 0 fully saturated rings. The van der Waals surface area contributed by atoms with Crippen molar-refractivity contribution in [3.63, 3.8) is 0 Å². The molecule has 3 heterocycles. The van der Waals surface area contributed by atoms with E-state index in [2.05, 4.69) is 36.6 Å². The van der Waals surface area contributed by atoms with Gasteiger partial charge >= 0.3 is 11.9 Å². The third kappa shape index (κ3) is 8.96. The molecule has 2 unspecified atom stereocenters. The van der Waals surface area contributed by atoms with Crippen LogP contribution >= 0.6 is 0 Å². The topological polar surface area (TPSA) is 224 Å². The number of carboxylic acids is 2. The highest BCUT2D eigenvalue weighted by atomic mass is 16.4. The van der Waals surface area contributed by atoms with Gasteiger partial charge in [-0.3, -0.25) is 19.4 Å². The Labute approximate surface area is 223 Å². The van der Waals surface area contributed by atoms with Gasteiger partial charge in [0.1, 0.15) is 11.7 Å². The molecular formula is C25H30N8O6. The number of aromatic nitrogens is 2. The molecule has 1 aromatic heterocycles. The second-order valence-corrected chi connectivity index (χ2v) is 8.42. The number of amides is 1. The van der Waals surface area contributed by atoms with Gasteiger partial charge in [-0.15, -0.1) is 0 Å². The van der Waals surface area contributed by atoms with Gasteiger partial charge in [-0.2, -0.15) is 4.98 Å². The van der Waals surface area contributed by atoms with E-state index in [1.165, 1.54) is 12.1 Å². The predicted molar refractivity (Wildman–Crippen MR) is 146 cm³/mol. The zero-order valence-electron chi connectivity index (χ0n) is 20.8. The van der Waals surface area contributed by atoms with Crippen LogP contribution in [0.4, 0.5) is 23.1 Å². The van der Waals surface area contributed by atoms with Crippen molar-refractivity contribution < 1.29 is 24.6 Å². The summed E-state index contributed by atoms with van der Waals surface area (Å²) in [7, 11) is 0. The van der Waals surface area contributed by atoms with Crippen LogP contribution in [0, 0.1) is 0 Å². The fourth-order valence-corrected chi connectivity index (χ4v) is 3.50. The fraction of sp³-hybridized carbons (Fsp3) is 0.240. The van der Waals surface area contributed by atoms with Crippen LogP contribution in [0.1, 0.15) is 23.2 Å². The molecule has 1 aromatic carbocycles. The number of H-pyrrole nitrogens is 1. The number of carbonyl (C=O) groups excluding carboxylic acids is 1. The summed E-state index contributed by atoms with van der Waals surface area (Å²) in [5, 5.41) is 32.4. The van der Waals surface area contributed by atoms with Crippen molar-refractivity contribution in [2.75, 3.05) is 34.8 Å². The van der Waals surface area contributed by atoms with Crippen molar-refractivity contribution in [1.29, 1.82) is 0 Å². The zero-order valence-corrected chi connectivity index (χ0v) is 20.8. The molecule has 0 aliphatic carbocycles. The molecule has 206 valence electrons. The molecule has 0 radical (unpaired) electrons. The summed E-state index contributed by atoms with van der Waals surface area (Å²) in [5.74, 6) is -2.64. The molecular weight excluding hydrogens is 508 g/mol. The zero-order chi connectivity index (χ0) is 28.2. The molecule has 4 rings (SSSR count). The molecule has 0 spiro atoms. The van der Waals surface area contributed by atoms with E-state index in [9.17, 15) is 19.2 Å². The Balaban J connectivity index is 0.000000520. The smallest absolute Gasteiger partial charge is 0.326 e. The number of allylic oxidation sites excluding steroid dienone is 4. The lowest BCUT2D eigenvalue weighted by Crippen LogP contribution is -2.41. The number of nitrogens with zero attached hydrogens (tertiary/aromatic N) is 1. The molecule has 10 N–H and O–H groups in total. The van der Waals surface area contributed by atoms with Gasteiger partial charge in [0.2, 0.25) is 5.95 Å². The molecule has 14 nitrogen and oxygen atoms in total. The van der Waals surface area contributed by atoms with Crippen LogP contribution in [0.2, 0.25) is 0 Å². The lowest BCUT2D eigenvalue weighted by molar-refractivity contribution is -0.140. The quantitative estimate of drug-likeness (QED) is 0.217. The van der Waals surface area contributed by atoms with Crippen molar-refractivity contribution in [3.8, 4) is 0 Å². The van der Waals surface area contributed by atoms with Crippen LogP contribution in [-0.2, 0) is 9.59 Å². The van der Waals surface area contributed by atoms with E-state index in [-0.39, 0.29) is 36.0 Å². The van der Waals surface area contributed by atoms with Gasteiger partial charge in [-0.1, -0.05) is 12.2 Å². The standard InChI is InChI=1S/C19H23N7O6.C6H7N/c20-19-25-15-14(17(30)26-19)23-11(8-22-15)7-21-10-3-1-9(2-4-10)16(29)24-12(18(31)32)5-6-13(27)28;1-2-4-6-7-5-3-1/h1-4,11-12,21,23H,5-8H2,(H,24,29)(H,27,28)(H,31,32)(H4,20,22,25,26,30);1-7H. The highest BCUT2D eigenvalue weighted by molar-refractivity contribution is 5.97. The van der Waals surface area contributed by atoms with Gasteiger partial charge in [0.05, 0.1) is 6.04 Å². The minimum Gasteiger partial charge on any atom is -0.481 e. The number of benzene rings is 1. The molecule has 39 heavy (non-hydrogen) atoms. The average Bonchev–Trinajstić information content (AvgIpc) is 3.23. The molecule has 2 aliphatic heterocycles. The predicted octanol–water partition coefficient (Wildman–Crippen LogP) is 0.891. The number of nitrogens with two attached hydrogens (primary N) is 1. The van der Waals surface area contributed by atoms with Crippen molar-refractivity contribution in [3.05, 3.63) is 76.9 Å². The third-order valence-corrected chi connectivity index (χ3v) is 5.47. The van der Waals surface area contributed by atoms with Gasteiger partial charge in [0, 0.05) is 43.2 Å². The van der Waals surface area contributed by atoms with E-state index in [4.69, 9.17) is 15.9 Å². The molecule has 2 aliphatic rings. The van der Waals surface area contributed by atoms with Crippen LogP contribution in [0.3, 0.4) is 0 Å². The lowest BCUT2D eigenvalue weighted by Gasteiger charge is -2.27. The number of aromatic amines is 1. The first kappa shape index (κ1) is 28.3. The Hall–Kier alpha value is -5.27. The van der Waals surface area contributed by atoms with Crippen molar-refractivity contribution in [2.45, 2.75) is 24.9 Å². The van der Waals surface area contributed by atoms with Crippen molar-refractivity contribution in [2.24, 2.45) is 0 Å². The van der Waals surface area contributed by atoms with Crippen molar-refractivity contribution >= 4 is 41.0 Å². The molecule has 0 saturated carbocycles. The number of carbonyl (C=O) groups is 3. The normalized spacial score (nSPS) is 15.5. The molecule has 2 aromatic rings. The Morgan fingerprint density at radius 2 is 1.77 bits per heavy atom. The summed E-state index contributed by atoms with van der Waals surface area (Å²) in [4.78, 5) is 52.6. The average molecular weight is 539 g/mol. The minimum absolute atomic E-state index is 0.0281. The molecule has 2 atom stereocenters. The second kappa shape index (κ2) is 13.9. The first-order chi connectivity index (χ1) is 18.7. The van der Waals surface area contributed by atoms with E-state index in [0.717, 1.165) is 0 Å². The Morgan fingerprint density at radius 3 is 2.41 bits per heavy atom. The largest absolute Gasteiger partial charge is 0.481 e. The maximum atomic E-state index is 12.3. The number of fused-ring (bicyclic) bond motifs is 1. The second-order valence-electron chi connectivity index (χ2n) is 8.42. The molecule has 1 amide bonds. The summed E-state index contributed by atoms with van der Waals surface area (Å²) < 4.78 is 0. The number of rotatable bonds is 9. The number of nitrogen functional groups attached to an aromatic ring is 1. The number of hydrogen-bond donors (Lipinski definition) is 9. The van der Waals surface area contributed by atoms with Crippen molar-refractivity contribution in [1.82, 2.24) is 20.6 Å². The Kier molecular flexibility index (Phi) is 10.1. The van der Waals surface area contributed by atoms with Crippen LogP contribution in [-0.4, -0.2) is 63.2 Å². The summed E-state index contributed by atoms with van der Waals surface area (Å²) in [6.45, 7) is 0.960. The number of carboxylic acid groups (broad SMARTS) is 2. The van der Waals surface area contributed by atoms with Gasteiger partial charge in [0.15, 0.2) is 5.82 Å². The number of nitrogens with one attached hydrogen (secondary N) is 6. The fourth-order valence-electron chi connectivity index (χ4n) is 3.50. The Bertz CT molecular complexity index is 1300. The van der Waals surface area contributed by atoms with E-state index >= 15 is 0 Å². The highest BCUT2D eigenvalue weighted by Gasteiger charge is 2.23. The first-order valence-corrected chi connectivity index (χ1v) is 12.0. The van der Waals surface area contributed by atoms with Gasteiger partial charge in [-0.25, -0.2) is 4.79 Å². The monoisotopic (exact) mass is 538 g/mol. The van der Waals surface area contributed by atoms with E-state index in [1.54, 1.807) is 12.1 Å². The van der Waals surface area contributed by atoms with E-state index in [0.29, 0.717) is 30.3 Å². The van der Waals surface area contributed by atoms with Gasteiger partial charge in [-0.05, 0) is 42.8 Å². The van der Waals surface area contributed by atoms with Gasteiger partial charge in [0.25, 0.3) is 11.5 Å². The summed E-state index contributed by atoms with van der Waals surface area (Å²) in [6.07, 6.45) is 11.0. The highest BCUT2D eigenvalue weighted by Crippen LogP contribution is 2.20. The first-order valence-electron chi connectivity index (χ1n) is 12.0. The van der Waals surface area contributed by atoms with Crippen LogP contribution in [0.15, 0.2) is 65.8 Å². The molecule has 0 bridgehead atoms. The maximum absolute atomic E-state index is 12.3.